The molecule has 1 aromatic carbocycles. The highest BCUT2D eigenvalue weighted by atomic mass is 16.1. The van der Waals surface area contributed by atoms with E-state index in [0.29, 0.717) is 5.82 Å². The summed E-state index contributed by atoms with van der Waals surface area (Å²) < 4.78 is 0. The predicted octanol–water partition coefficient (Wildman–Crippen LogP) is 0.439. The summed E-state index contributed by atoms with van der Waals surface area (Å²) in [6, 6.07) is 5.41. The van der Waals surface area contributed by atoms with Crippen LogP contribution in [-0.4, -0.2) is 15.9 Å². The maximum atomic E-state index is 10.5. The van der Waals surface area contributed by atoms with Crippen LogP contribution in [0, 0.1) is 11.8 Å². The van der Waals surface area contributed by atoms with Gasteiger partial charge in [0.2, 0.25) is 5.91 Å². The number of benzene rings is 1. The molecule has 1 amide bonds. The first-order valence-corrected chi connectivity index (χ1v) is 4.94. The molecule has 4 N–H and O–H groups in total. The van der Waals surface area contributed by atoms with Gasteiger partial charge >= 0.3 is 0 Å². The van der Waals surface area contributed by atoms with Crippen molar-refractivity contribution in [1.29, 1.82) is 0 Å². The fourth-order valence-electron chi connectivity index (χ4n) is 1.39. The van der Waals surface area contributed by atoms with E-state index in [9.17, 15) is 4.79 Å². The average molecular weight is 226 g/mol. The Labute approximate surface area is 97.9 Å². The van der Waals surface area contributed by atoms with Gasteiger partial charge in [0, 0.05) is 10.9 Å². The maximum Gasteiger partial charge on any atom is 0.229 e. The van der Waals surface area contributed by atoms with Crippen molar-refractivity contribution in [2.75, 3.05) is 5.73 Å². The van der Waals surface area contributed by atoms with E-state index in [1.807, 2.05) is 12.1 Å². The van der Waals surface area contributed by atoms with Crippen molar-refractivity contribution >= 4 is 22.6 Å². The molecule has 0 atom stereocenters. The molecule has 0 aliphatic rings. The van der Waals surface area contributed by atoms with E-state index in [-0.39, 0.29) is 6.42 Å². The van der Waals surface area contributed by atoms with Crippen LogP contribution in [0.5, 0.6) is 0 Å². The van der Waals surface area contributed by atoms with Gasteiger partial charge in [0.25, 0.3) is 0 Å². The summed E-state index contributed by atoms with van der Waals surface area (Å²) in [6.45, 7) is 0. The van der Waals surface area contributed by atoms with E-state index in [2.05, 4.69) is 21.8 Å². The summed E-state index contributed by atoms with van der Waals surface area (Å²) in [5, 5.41) is 0.748. The Morgan fingerprint density at radius 2 is 2.18 bits per heavy atom. The van der Waals surface area contributed by atoms with Crippen molar-refractivity contribution in [3.63, 3.8) is 0 Å². The van der Waals surface area contributed by atoms with E-state index in [4.69, 9.17) is 11.5 Å². The van der Waals surface area contributed by atoms with Gasteiger partial charge in [0.15, 0.2) is 0 Å². The Morgan fingerprint density at radius 3 is 2.94 bits per heavy atom. The van der Waals surface area contributed by atoms with Crippen molar-refractivity contribution < 1.29 is 4.79 Å². The lowest BCUT2D eigenvalue weighted by Crippen LogP contribution is -2.08. The number of nitrogens with zero attached hydrogens (tertiary/aromatic N) is 2. The van der Waals surface area contributed by atoms with Gasteiger partial charge in [-0.3, -0.25) is 4.79 Å². The number of hydrogen-bond acceptors (Lipinski definition) is 4. The SMILES string of the molecule is NC(=O)CC#Cc1ccc2ncnc(N)c2c1. The molecule has 1 heterocycles. The van der Waals surface area contributed by atoms with E-state index in [1.165, 1.54) is 6.33 Å². The van der Waals surface area contributed by atoms with Crippen molar-refractivity contribution in [2.45, 2.75) is 6.42 Å². The lowest BCUT2D eigenvalue weighted by atomic mass is 10.1. The van der Waals surface area contributed by atoms with E-state index >= 15 is 0 Å². The number of hydrogen-bond donors (Lipinski definition) is 2. The molecule has 5 nitrogen and oxygen atoms in total. The van der Waals surface area contributed by atoms with Crippen molar-refractivity contribution in [3.05, 3.63) is 30.1 Å². The van der Waals surface area contributed by atoms with Crippen LogP contribution >= 0.6 is 0 Å². The van der Waals surface area contributed by atoms with Crippen LogP contribution in [0.3, 0.4) is 0 Å². The van der Waals surface area contributed by atoms with Crippen molar-refractivity contribution in [1.82, 2.24) is 9.97 Å². The molecular formula is C12H10N4O. The highest BCUT2D eigenvalue weighted by molar-refractivity contribution is 5.88. The predicted molar refractivity (Wildman–Crippen MR) is 64.6 cm³/mol. The largest absolute Gasteiger partial charge is 0.383 e. The van der Waals surface area contributed by atoms with E-state index in [0.717, 1.165) is 16.5 Å². The minimum Gasteiger partial charge on any atom is -0.383 e. The highest BCUT2D eigenvalue weighted by Crippen LogP contribution is 2.17. The minimum absolute atomic E-state index is 0.0405. The van der Waals surface area contributed by atoms with E-state index < -0.39 is 5.91 Å². The van der Waals surface area contributed by atoms with Gasteiger partial charge in [0.1, 0.15) is 12.1 Å². The first kappa shape index (κ1) is 10.9. The third-order valence-corrected chi connectivity index (χ3v) is 2.16. The second-order valence-corrected chi connectivity index (χ2v) is 3.44. The zero-order chi connectivity index (χ0) is 12.3. The molecule has 2 rings (SSSR count). The van der Waals surface area contributed by atoms with Crippen LogP contribution in [0.15, 0.2) is 24.5 Å². The fourth-order valence-corrected chi connectivity index (χ4v) is 1.39. The number of nitrogen functional groups attached to an aromatic ring is 1. The number of anilines is 1. The Hall–Kier alpha value is -2.61. The second-order valence-electron chi connectivity index (χ2n) is 3.44. The minimum atomic E-state index is -0.443. The summed E-state index contributed by atoms with van der Waals surface area (Å²) in [4.78, 5) is 18.5. The molecule has 0 aliphatic carbocycles. The molecule has 0 spiro atoms. The van der Waals surface area contributed by atoms with Crippen LogP contribution in [0.2, 0.25) is 0 Å². The quantitative estimate of drug-likeness (QED) is 0.690. The topological polar surface area (TPSA) is 94.9 Å². The monoisotopic (exact) mass is 226 g/mol. The summed E-state index contributed by atoms with van der Waals surface area (Å²) in [5.74, 6) is 5.48. The number of aromatic nitrogens is 2. The molecule has 0 saturated carbocycles. The number of amides is 1. The standard InChI is InChI=1S/C12H10N4O/c13-11(17)3-1-2-8-4-5-10-9(6-8)12(14)16-7-15-10/h4-7H,3H2,(H2,13,17)(H2,14,15,16). The number of rotatable bonds is 1. The van der Waals surface area contributed by atoms with E-state index in [1.54, 1.807) is 6.07 Å². The molecule has 0 saturated heterocycles. The van der Waals surface area contributed by atoms with Gasteiger partial charge in [-0.1, -0.05) is 11.8 Å². The van der Waals surface area contributed by atoms with Crippen LogP contribution < -0.4 is 11.5 Å². The average Bonchev–Trinajstić information content (AvgIpc) is 2.30. The number of carbonyl (C=O) groups is 1. The Balaban J connectivity index is 2.40. The zero-order valence-corrected chi connectivity index (χ0v) is 8.97. The lowest BCUT2D eigenvalue weighted by molar-refractivity contribution is -0.117. The normalized spacial score (nSPS) is 9.65. The molecule has 17 heavy (non-hydrogen) atoms. The number of nitrogens with two attached hydrogens (primary N) is 2. The molecular weight excluding hydrogens is 216 g/mol. The first-order chi connectivity index (χ1) is 8.16. The molecule has 84 valence electrons. The van der Waals surface area contributed by atoms with Gasteiger partial charge < -0.3 is 11.5 Å². The summed E-state index contributed by atoms with van der Waals surface area (Å²) in [5.41, 5.74) is 12.2. The summed E-state index contributed by atoms with van der Waals surface area (Å²) in [6.07, 6.45) is 1.45. The second kappa shape index (κ2) is 4.49. The molecule has 0 aliphatic heterocycles. The Bertz CT molecular complexity index is 640. The first-order valence-electron chi connectivity index (χ1n) is 4.94. The van der Waals surface area contributed by atoms with Crippen molar-refractivity contribution in [3.8, 4) is 11.8 Å². The molecule has 5 heteroatoms. The van der Waals surface area contributed by atoms with Gasteiger partial charge in [-0.25, -0.2) is 9.97 Å². The number of carbonyl (C=O) groups excluding carboxylic acids is 1. The fraction of sp³-hybridized carbons (Fsp3) is 0.0833. The highest BCUT2D eigenvalue weighted by Gasteiger charge is 2.00. The number of primary amides is 1. The molecule has 0 unspecified atom stereocenters. The van der Waals surface area contributed by atoms with Gasteiger partial charge in [-0.05, 0) is 18.2 Å². The molecule has 0 bridgehead atoms. The molecule has 2 aromatic rings. The summed E-state index contributed by atoms with van der Waals surface area (Å²) in [7, 11) is 0. The maximum absolute atomic E-state index is 10.5. The van der Waals surface area contributed by atoms with Gasteiger partial charge in [-0.15, -0.1) is 0 Å². The number of fused-ring (bicyclic) bond motifs is 1. The Morgan fingerprint density at radius 1 is 1.35 bits per heavy atom. The van der Waals surface area contributed by atoms with Gasteiger partial charge in [-0.2, -0.15) is 0 Å². The lowest BCUT2D eigenvalue weighted by Gasteiger charge is -1.99. The van der Waals surface area contributed by atoms with Crippen LogP contribution in [0.4, 0.5) is 5.82 Å². The third-order valence-electron chi connectivity index (χ3n) is 2.16. The third kappa shape index (κ3) is 2.49. The van der Waals surface area contributed by atoms with Crippen LogP contribution in [0.1, 0.15) is 12.0 Å². The molecule has 1 aromatic heterocycles. The van der Waals surface area contributed by atoms with Crippen LogP contribution in [0.25, 0.3) is 10.9 Å². The Kier molecular flexibility index (Phi) is 2.88. The zero-order valence-electron chi connectivity index (χ0n) is 8.97. The smallest absolute Gasteiger partial charge is 0.229 e. The van der Waals surface area contributed by atoms with Crippen LogP contribution in [-0.2, 0) is 4.79 Å². The van der Waals surface area contributed by atoms with Gasteiger partial charge in [0.05, 0.1) is 11.9 Å². The van der Waals surface area contributed by atoms with Crippen molar-refractivity contribution in [2.24, 2.45) is 5.73 Å². The summed E-state index contributed by atoms with van der Waals surface area (Å²) >= 11 is 0. The molecule has 0 fully saturated rings. The molecule has 0 radical (unpaired) electrons.